The molecule has 0 fully saturated rings. The van der Waals surface area contributed by atoms with Gasteiger partial charge in [0.05, 0.1) is 12.7 Å². The summed E-state index contributed by atoms with van der Waals surface area (Å²) in [5.74, 6) is 0.529. The van der Waals surface area contributed by atoms with Crippen molar-refractivity contribution in [1.29, 1.82) is 0 Å². The zero-order valence-electron chi connectivity index (χ0n) is 7.63. The Bertz CT molecular complexity index is 86.2. The van der Waals surface area contributed by atoms with Gasteiger partial charge < -0.3 is 9.94 Å². The second-order valence-corrected chi connectivity index (χ2v) is 3.12. The largest absolute Gasteiger partial charge is 0.392 e. The van der Waals surface area contributed by atoms with Crippen LogP contribution in [0.3, 0.4) is 0 Å². The van der Waals surface area contributed by atoms with Gasteiger partial charge in [0.15, 0.2) is 0 Å². The molecule has 0 aromatic carbocycles. The molecule has 0 aromatic rings. The molecule has 0 bridgehead atoms. The lowest BCUT2D eigenvalue weighted by Crippen LogP contribution is -2.27. The van der Waals surface area contributed by atoms with Crippen LogP contribution >= 0.6 is 0 Å². The van der Waals surface area contributed by atoms with Gasteiger partial charge in [-0.05, 0) is 12.3 Å². The summed E-state index contributed by atoms with van der Waals surface area (Å²) in [5, 5.41) is 9.08. The van der Waals surface area contributed by atoms with Crippen LogP contribution in [0.4, 0.5) is 0 Å². The van der Waals surface area contributed by atoms with Crippen molar-refractivity contribution >= 4 is 0 Å². The fraction of sp³-hybridized carbons (Fsp3) is 1.00. The molecule has 3 nitrogen and oxygen atoms in total. The normalized spacial score (nSPS) is 13.9. The monoisotopic (exact) mass is 161 g/mol. The Balaban J connectivity index is 3.01. The van der Waals surface area contributed by atoms with Crippen LogP contribution in [-0.4, -0.2) is 24.4 Å². The molecule has 68 valence electrons. The molecule has 1 unspecified atom stereocenters. The Labute approximate surface area is 68.7 Å². The summed E-state index contributed by atoms with van der Waals surface area (Å²) >= 11 is 0. The van der Waals surface area contributed by atoms with Crippen LogP contribution in [0.25, 0.3) is 0 Å². The lowest BCUT2D eigenvalue weighted by atomic mass is 10.2. The van der Waals surface area contributed by atoms with Gasteiger partial charge in [0.1, 0.15) is 0 Å². The van der Waals surface area contributed by atoms with E-state index in [1.807, 2.05) is 6.92 Å². The van der Waals surface area contributed by atoms with Crippen LogP contribution < -0.4 is 5.48 Å². The van der Waals surface area contributed by atoms with Crippen molar-refractivity contribution in [3.63, 3.8) is 0 Å². The SMILES string of the molecule is CCC(O)CNOCC(C)C. The van der Waals surface area contributed by atoms with Gasteiger partial charge in [0.25, 0.3) is 0 Å². The van der Waals surface area contributed by atoms with Gasteiger partial charge in [-0.15, -0.1) is 0 Å². The number of hydrogen-bond acceptors (Lipinski definition) is 3. The van der Waals surface area contributed by atoms with E-state index in [9.17, 15) is 0 Å². The second kappa shape index (κ2) is 6.58. The van der Waals surface area contributed by atoms with E-state index >= 15 is 0 Å². The van der Waals surface area contributed by atoms with Gasteiger partial charge in [-0.25, -0.2) is 0 Å². The van der Waals surface area contributed by atoms with Gasteiger partial charge in [-0.2, -0.15) is 5.48 Å². The highest BCUT2D eigenvalue weighted by Gasteiger charge is 1.99. The average molecular weight is 161 g/mol. The predicted molar refractivity (Wildman–Crippen MR) is 45.1 cm³/mol. The van der Waals surface area contributed by atoms with Crippen LogP contribution in [0.5, 0.6) is 0 Å². The van der Waals surface area contributed by atoms with Crippen LogP contribution in [0, 0.1) is 5.92 Å². The fourth-order valence-electron chi connectivity index (χ4n) is 0.525. The maximum absolute atomic E-state index is 9.08. The molecule has 0 radical (unpaired) electrons. The lowest BCUT2D eigenvalue weighted by molar-refractivity contribution is 0.000263. The molecular formula is C8H19NO2. The Morgan fingerprint density at radius 2 is 2.09 bits per heavy atom. The molecule has 0 aromatic heterocycles. The first-order valence-corrected chi connectivity index (χ1v) is 4.19. The lowest BCUT2D eigenvalue weighted by Gasteiger charge is -2.10. The summed E-state index contributed by atoms with van der Waals surface area (Å²) in [6, 6.07) is 0. The molecule has 0 aliphatic heterocycles. The second-order valence-electron chi connectivity index (χ2n) is 3.12. The molecule has 0 saturated carbocycles. The van der Waals surface area contributed by atoms with E-state index in [0.717, 1.165) is 6.42 Å². The molecule has 0 amide bonds. The highest BCUT2D eigenvalue weighted by atomic mass is 16.6. The van der Waals surface area contributed by atoms with Gasteiger partial charge in [-0.3, -0.25) is 0 Å². The quantitative estimate of drug-likeness (QED) is 0.450. The van der Waals surface area contributed by atoms with Crippen LogP contribution in [-0.2, 0) is 4.84 Å². The molecule has 0 aliphatic carbocycles. The summed E-state index contributed by atoms with van der Waals surface area (Å²) in [6.07, 6.45) is 0.472. The summed E-state index contributed by atoms with van der Waals surface area (Å²) in [7, 11) is 0. The summed E-state index contributed by atoms with van der Waals surface area (Å²) in [4.78, 5) is 5.06. The summed E-state index contributed by atoms with van der Waals surface area (Å²) in [5.41, 5.74) is 2.72. The number of nitrogens with one attached hydrogen (secondary N) is 1. The Kier molecular flexibility index (Phi) is 6.51. The van der Waals surface area contributed by atoms with E-state index < -0.39 is 0 Å². The van der Waals surface area contributed by atoms with Crippen LogP contribution in [0.15, 0.2) is 0 Å². The zero-order chi connectivity index (χ0) is 8.69. The van der Waals surface area contributed by atoms with Crippen molar-refractivity contribution in [2.24, 2.45) is 5.92 Å². The molecule has 0 rings (SSSR count). The maximum atomic E-state index is 9.08. The highest BCUT2D eigenvalue weighted by molar-refractivity contribution is 4.50. The average Bonchev–Trinajstić information content (AvgIpc) is 1.97. The van der Waals surface area contributed by atoms with Gasteiger partial charge in [0.2, 0.25) is 0 Å². The first-order valence-electron chi connectivity index (χ1n) is 4.19. The third kappa shape index (κ3) is 7.78. The van der Waals surface area contributed by atoms with E-state index in [1.54, 1.807) is 0 Å². The molecule has 0 aliphatic rings. The minimum absolute atomic E-state index is 0.290. The minimum atomic E-state index is -0.290. The van der Waals surface area contributed by atoms with E-state index in [-0.39, 0.29) is 6.10 Å². The highest BCUT2D eigenvalue weighted by Crippen LogP contribution is 1.91. The van der Waals surface area contributed by atoms with Crippen molar-refractivity contribution in [3.8, 4) is 0 Å². The van der Waals surface area contributed by atoms with Crippen molar-refractivity contribution < 1.29 is 9.94 Å². The van der Waals surface area contributed by atoms with Crippen molar-refractivity contribution in [1.82, 2.24) is 5.48 Å². The molecular weight excluding hydrogens is 142 g/mol. The molecule has 11 heavy (non-hydrogen) atoms. The zero-order valence-corrected chi connectivity index (χ0v) is 7.63. The van der Waals surface area contributed by atoms with Gasteiger partial charge >= 0.3 is 0 Å². The standard InChI is InChI=1S/C8H19NO2/c1-4-8(10)5-9-11-6-7(2)3/h7-10H,4-6H2,1-3H3. The number of aliphatic hydroxyl groups is 1. The maximum Gasteiger partial charge on any atom is 0.0705 e. The van der Waals surface area contributed by atoms with Crippen molar-refractivity contribution in [2.45, 2.75) is 33.3 Å². The predicted octanol–water partition coefficient (Wildman–Crippen LogP) is 0.934. The van der Waals surface area contributed by atoms with E-state index in [1.165, 1.54) is 0 Å². The summed E-state index contributed by atoms with van der Waals surface area (Å²) < 4.78 is 0. The number of hydroxylamine groups is 1. The van der Waals surface area contributed by atoms with Crippen molar-refractivity contribution in [2.75, 3.05) is 13.2 Å². The molecule has 0 saturated heterocycles. The van der Waals surface area contributed by atoms with Gasteiger partial charge in [-0.1, -0.05) is 20.8 Å². The van der Waals surface area contributed by atoms with E-state index in [4.69, 9.17) is 9.94 Å². The molecule has 2 N–H and O–H groups in total. The molecule has 0 heterocycles. The number of rotatable bonds is 6. The fourth-order valence-corrected chi connectivity index (χ4v) is 0.525. The Morgan fingerprint density at radius 3 is 2.55 bits per heavy atom. The van der Waals surface area contributed by atoms with E-state index in [2.05, 4.69) is 19.3 Å². The number of hydrogen-bond donors (Lipinski definition) is 2. The van der Waals surface area contributed by atoms with E-state index in [0.29, 0.717) is 19.1 Å². The summed E-state index contributed by atoms with van der Waals surface area (Å²) in [6.45, 7) is 7.31. The topological polar surface area (TPSA) is 41.5 Å². The minimum Gasteiger partial charge on any atom is -0.392 e. The third-order valence-electron chi connectivity index (χ3n) is 1.31. The third-order valence-corrected chi connectivity index (χ3v) is 1.31. The molecule has 1 atom stereocenters. The van der Waals surface area contributed by atoms with Crippen LogP contribution in [0.1, 0.15) is 27.2 Å². The van der Waals surface area contributed by atoms with Gasteiger partial charge in [0, 0.05) is 6.54 Å². The number of aliphatic hydroxyl groups excluding tert-OH is 1. The van der Waals surface area contributed by atoms with Crippen LogP contribution in [0.2, 0.25) is 0 Å². The molecule has 0 spiro atoms. The Morgan fingerprint density at radius 1 is 1.45 bits per heavy atom. The molecule has 3 heteroatoms. The van der Waals surface area contributed by atoms with Crippen molar-refractivity contribution in [3.05, 3.63) is 0 Å². The Hall–Kier alpha value is -0.120. The first-order chi connectivity index (χ1) is 5.16. The first kappa shape index (κ1) is 10.9. The smallest absolute Gasteiger partial charge is 0.0705 e.